The normalized spacial score (nSPS) is 14.8. The molecule has 2 rings (SSSR count). The molecule has 0 spiro atoms. The molecule has 1 unspecified atom stereocenters. The van der Waals surface area contributed by atoms with Gasteiger partial charge >= 0.3 is 5.97 Å². The van der Waals surface area contributed by atoms with Crippen molar-refractivity contribution in [1.82, 2.24) is 9.80 Å². The van der Waals surface area contributed by atoms with Gasteiger partial charge < -0.3 is 10.0 Å². The van der Waals surface area contributed by atoms with Gasteiger partial charge in [-0.3, -0.25) is 24.1 Å². The minimum Gasteiger partial charge on any atom is -0.481 e. The van der Waals surface area contributed by atoms with E-state index in [1.165, 1.54) is 11.9 Å². The number of carbonyl (C=O) groups is 4. The first kappa shape index (κ1) is 17.7. The van der Waals surface area contributed by atoms with Gasteiger partial charge in [-0.1, -0.05) is 26.0 Å². The van der Waals surface area contributed by atoms with Gasteiger partial charge in [-0.2, -0.15) is 0 Å². The molecule has 7 nitrogen and oxygen atoms in total. The zero-order chi connectivity index (χ0) is 18.0. The van der Waals surface area contributed by atoms with Crippen LogP contribution in [0.5, 0.6) is 0 Å². The number of rotatable bonds is 6. The Hall–Kier alpha value is -2.70. The molecular weight excluding hydrogens is 312 g/mol. The summed E-state index contributed by atoms with van der Waals surface area (Å²) in [5, 5.41) is 8.75. The molecule has 0 aromatic heterocycles. The highest BCUT2D eigenvalue weighted by molar-refractivity contribution is 6.22. The summed E-state index contributed by atoms with van der Waals surface area (Å²) in [6, 6.07) is 5.49. The SMILES string of the molecule is CC(C)C(C(=O)N(C)CCC(=O)O)N1C(=O)c2ccccc2C1=O. The highest BCUT2D eigenvalue weighted by atomic mass is 16.4. The number of benzene rings is 1. The second kappa shape index (κ2) is 6.82. The first-order chi connectivity index (χ1) is 11.3. The van der Waals surface area contributed by atoms with Crippen LogP contribution < -0.4 is 0 Å². The average Bonchev–Trinajstić information content (AvgIpc) is 2.78. The lowest BCUT2D eigenvalue weighted by molar-refractivity contribution is -0.139. The number of carboxylic acid groups (broad SMARTS) is 1. The Morgan fingerprint density at radius 2 is 1.62 bits per heavy atom. The Morgan fingerprint density at radius 1 is 1.12 bits per heavy atom. The zero-order valence-electron chi connectivity index (χ0n) is 13.9. The fourth-order valence-corrected chi connectivity index (χ4v) is 2.75. The second-order valence-electron chi connectivity index (χ2n) is 6.12. The molecule has 1 N–H and O–H groups in total. The predicted octanol–water partition coefficient (Wildman–Crippen LogP) is 1.24. The molecule has 0 saturated carbocycles. The summed E-state index contributed by atoms with van der Waals surface area (Å²) in [6.07, 6.45) is -0.199. The summed E-state index contributed by atoms with van der Waals surface area (Å²) in [5.74, 6) is -2.74. The number of carbonyl (C=O) groups excluding carboxylic acids is 3. The lowest BCUT2D eigenvalue weighted by Crippen LogP contribution is -2.52. The molecule has 0 saturated heterocycles. The summed E-state index contributed by atoms with van der Waals surface area (Å²) in [7, 11) is 1.47. The van der Waals surface area contributed by atoms with E-state index in [1.807, 2.05) is 0 Å². The molecule has 24 heavy (non-hydrogen) atoms. The number of hydrogen-bond acceptors (Lipinski definition) is 4. The summed E-state index contributed by atoms with van der Waals surface area (Å²) in [6.45, 7) is 3.51. The van der Waals surface area contributed by atoms with E-state index in [0.717, 1.165) is 4.90 Å². The van der Waals surface area contributed by atoms with Crippen LogP contribution in [-0.4, -0.2) is 58.2 Å². The van der Waals surface area contributed by atoms with Gasteiger partial charge in [-0.25, -0.2) is 0 Å². The van der Waals surface area contributed by atoms with Gasteiger partial charge in [0.25, 0.3) is 11.8 Å². The maximum Gasteiger partial charge on any atom is 0.305 e. The molecule has 0 aliphatic carbocycles. The highest BCUT2D eigenvalue weighted by Gasteiger charge is 2.44. The maximum absolute atomic E-state index is 12.7. The van der Waals surface area contributed by atoms with E-state index in [-0.39, 0.29) is 30.0 Å². The van der Waals surface area contributed by atoms with E-state index in [9.17, 15) is 19.2 Å². The largest absolute Gasteiger partial charge is 0.481 e. The topological polar surface area (TPSA) is 95.0 Å². The summed E-state index contributed by atoms with van der Waals surface area (Å²) >= 11 is 0. The fourth-order valence-electron chi connectivity index (χ4n) is 2.75. The van der Waals surface area contributed by atoms with Crippen LogP contribution in [0.1, 0.15) is 41.0 Å². The van der Waals surface area contributed by atoms with Crippen molar-refractivity contribution in [1.29, 1.82) is 0 Å². The van der Waals surface area contributed by atoms with Gasteiger partial charge in [-0.05, 0) is 18.1 Å². The van der Waals surface area contributed by atoms with Gasteiger partial charge in [0, 0.05) is 13.6 Å². The van der Waals surface area contributed by atoms with Crippen LogP contribution in [0.25, 0.3) is 0 Å². The lowest BCUT2D eigenvalue weighted by atomic mass is 10.0. The van der Waals surface area contributed by atoms with Crippen LogP contribution in [0.2, 0.25) is 0 Å². The third-order valence-electron chi connectivity index (χ3n) is 4.03. The maximum atomic E-state index is 12.7. The molecule has 1 heterocycles. The number of imide groups is 1. The minimum atomic E-state index is -1.02. The smallest absolute Gasteiger partial charge is 0.305 e. The molecular formula is C17H20N2O5. The molecule has 0 bridgehead atoms. The number of carboxylic acids is 1. The number of likely N-dealkylation sites (N-methyl/N-ethyl adjacent to an activating group) is 1. The van der Waals surface area contributed by atoms with Crippen molar-refractivity contribution in [2.24, 2.45) is 5.92 Å². The second-order valence-corrected chi connectivity index (χ2v) is 6.12. The van der Waals surface area contributed by atoms with E-state index in [4.69, 9.17) is 5.11 Å². The van der Waals surface area contributed by atoms with Gasteiger partial charge in [0.15, 0.2) is 0 Å². The number of nitrogens with zero attached hydrogens (tertiary/aromatic N) is 2. The van der Waals surface area contributed by atoms with Crippen molar-refractivity contribution in [2.45, 2.75) is 26.3 Å². The van der Waals surface area contributed by atoms with E-state index in [1.54, 1.807) is 38.1 Å². The molecule has 3 amide bonds. The molecule has 1 aliphatic rings. The quantitative estimate of drug-likeness (QED) is 0.791. The third-order valence-corrected chi connectivity index (χ3v) is 4.03. The molecule has 0 fully saturated rings. The van der Waals surface area contributed by atoms with Gasteiger partial charge in [-0.15, -0.1) is 0 Å². The first-order valence-corrected chi connectivity index (χ1v) is 7.69. The molecule has 128 valence electrons. The van der Waals surface area contributed by atoms with Crippen molar-refractivity contribution in [3.8, 4) is 0 Å². The fraction of sp³-hybridized carbons (Fsp3) is 0.412. The Kier molecular flexibility index (Phi) is 5.02. The van der Waals surface area contributed by atoms with Gasteiger partial charge in [0.1, 0.15) is 6.04 Å². The Labute approximate surface area is 139 Å². The number of fused-ring (bicyclic) bond motifs is 1. The molecule has 1 atom stereocenters. The van der Waals surface area contributed by atoms with Gasteiger partial charge in [0.05, 0.1) is 17.5 Å². The van der Waals surface area contributed by atoms with Crippen molar-refractivity contribution in [2.75, 3.05) is 13.6 Å². The number of hydrogen-bond donors (Lipinski definition) is 1. The molecule has 7 heteroatoms. The summed E-state index contributed by atoms with van der Waals surface area (Å²) < 4.78 is 0. The standard InChI is InChI=1S/C17H20N2O5/c1-10(2)14(17(24)18(3)9-8-13(20)21)19-15(22)11-6-4-5-7-12(11)16(19)23/h4-7,10,14H,8-9H2,1-3H3,(H,20,21). The third kappa shape index (κ3) is 3.15. The van der Waals surface area contributed by atoms with Crippen molar-refractivity contribution < 1.29 is 24.3 Å². The van der Waals surface area contributed by atoms with Crippen molar-refractivity contribution in [3.05, 3.63) is 35.4 Å². The van der Waals surface area contributed by atoms with Crippen LogP contribution in [0, 0.1) is 5.92 Å². The van der Waals surface area contributed by atoms with Crippen LogP contribution in [0.15, 0.2) is 24.3 Å². The van der Waals surface area contributed by atoms with Crippen LogP contribution in [0.4, 0.5) is 0 Å². The average molecular weight is 332 g/mol. The van der Waals surface area contributed by atoms with Crippen LogP contribution in [0.3, 0.4) is 0 Å². The van der Waals surface area contributed by atoms with Crippen molar-refractivity contribution in [3.63, 3.8) is 0 Å². The lowest BCUT2D eigenvalue weighted by Gasteiger charge is -2.31. The Bertz CT molecular complexity index is 663. The minimum absolute atomic E-state index is 0.0144. The van der Waals surface area contributed by atoms with Gasteiger partial charge in [0.2, 0.25) is 5.91 Å². The molecule has 1 aliphatic heterocycles. The van der Waals surface area contributed by atoms with Crippen LogP contribution in [-0.2, 0) is 9.59 Å². The Balaban J connectivity index is 2.29. The molecule has 1 aromatic carbocycles. The highest BCUT2D eigenvalue weighted by Crippen LogP contribution is 2.27. The molecule has 0 radical (unpaired) electrons. The van der Waals surface area contributed by atoms with E-state index < -0.39 is 29.7 Å². The van der Waals surface area contributed by atoms with Crippen molar-refractivity contribution >= 4 is 23.7 Å². The monoisotopic (exact) mass is 332 g/mol. The number of aliphatic carboxylic acids is 1. The van der Waals surface area contributed by atoms with E-state index in [0.29, 0.717) is 0 Å². The summed E-state index contributed by atoms with van der Waals surface area (Å²) in [5.41, 5.74) is 0.572. The summed E-state index contributed by atoms with van der Waals surface area (Å²) in [4.78, 5) is 50.8. The predicted molar refractivity (Wildman–Crippen MR) is 85.5 cm³/mol. The zero-order valence-corrected chi connectivity index (χ0v) is 13.9. The van der Waals surface area contributed by atoms with Crippen LogP contribution >= 0.6 is 0 Å². The molecule has 1 aromatic rings. The first-order valence-electron chi connectivity index (χ1n) is 7.69. The Morgan fingerprint density at radius 3 is 2.04 bits per heavy atom. The van der Waals surface area contributed by atoms with E-state index >= 15 is 0 Å². The number of amides is 3. The van der Waals surface area contributed by atoms with E-state index in [2.05, 4.69) is 0 Å².